The molecule has 0 radical (unpaired) electrons. The van der Waals surface area contributed by atoms with Crippen LogP contribution in [0.5, 0.6) is 0 Å². The Bertz CT molecular complexity index is 431. The smallest absolute Gasteiger partial charge is 0.224 e. The summed E-state index contributed by atoms with van der Waals surface area (Å²) in [7, 11) is 0. The van der Waals surface area contributed by atoms with Gasteiger partial charge in [-0.1, -0.05) is 0 Å². The molecule has 0 aliphatic carbocycles. The molecule has 1 aromatic carbocycles. The fourth-order valence-electron chi connectivity index (χ4n) is 2.02. The molecule has 1 saturated heterocycles. The minimum atomic E-state index is -0.761. The Balaban J connectivity index is 1.90. The van der Waals surface area contributed by atoms with Crippen molar-refractivity contribution in [3.05, 3.63) is 29.8 Å². The van der Waals surface area contributed by atoms with Crippen molar-refractivity contribution in [3.8, 4) is 0 Å². The summed E-state index contributed by atoms with van der Waals surface area (Å²) in [5, 5.41) is 2.45. The van der Waals surface area contributed by atoms with Crippen LogP contribution in [0.1, 0.15) is 19.3 Å². The second kappa shape index (κ2) is 5.91. The number of hydrogen-bond donors (Lipinski definition) is 1. The van der Waals surface area contributed by atoms with Crippen LogP contribution in [0.25, 0.3) is 0 Å². The molecule has 1 aromatic rings. The number of rotatable bonds is 3. The van der Waals surface area contributed by atoms with Gasteiger partial charge < -0.3 is 10.1 Å². The number of anilines is 1. The van der Waals surface area contributed by atoms with Crippen molar-refractivity contribution in [2.45, 2.75) is 19.3 Å². The summed E-state index contributed by atoms with van der Waals surface area (Å²) in [6.07, 6.45) is 2.19. The molecular weight excluding hydrogens is 240 g/mol. The predicted molar refractivity (Wildman–Crippen MR) is 63.1 cm³/mol. The zero-order valence-electron chi connectivity index (χ0n) is 9.92. The Hall–Kier alpha value is -1.49. The van der Waals surface area contributed by atoms with Gasteiger partial charge in [0.15, 0.2) is 0 Å². The molecule has 18 heavy (non-hydrogen) atoms. The van der Waals surface area contributed by atoms with Crippen LogP contribution in [0.3, 0.4) is 0 Å². The normalized spacial score (nSPS) is 19.6. The molecule has 5 heteroatoms. The lowest BCUT2D eigenvalue weighted by Crippen LogP contribution is -2.23. The topological polar surface area (TPSA) is 38.3 Å². The van der Waals surface area contributed by atoms with Gasteiger partial charge >= 0.3 is 0 Å². The minimum absolute atomic E-state index is 0.0122. The summed E-state index contributed by atoms with van der Waals surface area (Å²) in [5.41, 5.74) is 0.0122. The quantitative estimate of drug-likeness (QED) is 0.901. The largest absolute Gasteiger partial charge is 0.381 e. The van der Waals surface area contributed by atoms with Gasteiger partial charge in [0.25, 0.3) is 0 Å². The van der Waals surface area contributed by atoms with Gasteiger partial charge in [0.2, 0.25) is 5.91 Å². The van der Waals surface area contributed by atoms with Crippen LogP contribution in [0.15, 0.2) is 18.2 Å². The fraction of sp³-hybridized carbons (Fsp3) is 0.462. The zero-order valence-corrected chi connectivity index (χ0v) is 9.92. The second-order valence-electron chi connectivity index (χ2n) is 4.46. The summed E-state index contributed by atoms with van der Waals surface area (Å²) in [5.74, 6) is -1.51. The van der Waals surface area contributed by atoms with Gasteiger partial charge in [-0.05, 0) is 30.9 Å². The standard InChI is InChI=1S/C13H15F2NO2/c14-10-3-4-12(11(15)7-10)16-13(17)6-9-2-1-5-18-8-9/h3-4,7,9H,1-2,5-6,8H2,(H,16,17). The van der Waals surface area contributed by atoms with Gasteiger partial charge in [0.1, 0.15) is 11.6 Å². The summed E-state index contributed by atoms with van der Waals surface area (Å²) in [6, 6.07) is 3.09. The van der Waals surface area contributed by atoms with Crippen molar-refractivity contribution in [1.29, 1.82) is 0 Å². The maximum absolute atomic E-state index is 13.3. The van der Waals surface area contributed by atoms with Crippen LogP contribution < -0.4 is 5.32 Å². The molecule has 0 aromatic heterocycles. The highest BCUT2D eigenvalue weighted by Gasteiger charge is 2.18. The van der Waals surface area contributed by atoms with E-state index < -0.39 is 11.6 Å². The molecule has 1 aliphatic rings. The lowest BCUT2D eigenvalue weighted by molar-refractivity contribution is -0.118. The highest BCUT2D eigenvalue weighted by molar-refractivity contribution is 5.90. The first-order valence-electron chi connectivity index (χ1n) is 5.98. The van der Waals surface area contributed by atoms with Gasteiger partial charge in [0.05, 0.1) is 5.69 Å². The number of carbonyl (C=O) groups excluding carboxylic acids is 1. The fourth-order valence-corrected chi connectivity index (χ4v) is 2.02. The summed E-state index contributed by atoms with van der Waals surface area (Å²) < 4.78 is 31.3. The SMILES string of the molecule is O=C(CC1CCCOC1)Nc1ccc(F)cc1F. The molecule has 1 N–H and O–H groups in total. The molecule has 0 spiro atoms. The second-order valence-corrected chi connectivity index (χ2v) is 4.46. The number of hydrogen-bond acceptors (Lipinski definition) is 2. The highest BCUT2D eigenvalue weighted by Crippen LogP contribution is 2.19. The van der Waals surface area contributed by atoms with Crippen molar-refractivity contribution in [1.82, 2.24) is 0 Å². The van der Waals surface area contributed by atoms with E-state index in [1.807, 2.05) is 0 Å². The first-order chi connectivity index (χ1) is 8.65. The van der Waals surface area contributed by atoms with Gasteiger partial charge in [-0.2, -0.15) is 0 Å². The average Bonchev–Trinajstić information content (AvgIpc) is 2.34. The van der Waals surface area contributed by atoms with Gasteiger partial charge in [-0.3, -0.25) is 4.79 Å². The Morgan fingerprint density at radius 3 is 2.94 bits per heavy atom. The Morgan fingerprint density at radius 1 is 1.44 bits per heavy atom. The molecule has 3 nitrogen and oxygen atoms in total. The molecule has 1 atom stereocenters. The molecular formula is C13H15F2NO2. The third-order valence-corrected chi connectivity index (χ3v) is 2.93. The first-order valence-corrected chi connectivity index (χ1v) is 5.98. The van der Waals surface area contributed by atoms with E-state index in [1.165, 1.54) is 6.07 Å². The maximum atomic E-state index is 13.3. The monoisotopic (exact) mass is 255 g/mol. The van der Waals surface area contributed by atoms with Gasteiger partial charge in [-0.15, -0.1) is 0 Å². The summed E-state index contributed by atoms with van der Waals surface area (Å²) >= 11 is 0. The Kier molecular flexibility index (Phi) is 4.25. The van der Waals surface area contributed by atoms with Crippen LogP contribution >= 0.6 is 0 Å². The van der Waals surface area contributed by atoms with Crippen molar-refractivity contribution >= 4 is 11.6 Å². The Labute approximate surface area is 104 Å². The van der Waals surface area contributed by atoms with Crippen LogP contribution in [0.2, 0.25) is 0 Å². The van der Waals surface area contributed by atoms with E-state index in [0.717, 1.165) is 31.6 Å². The zero-order chi connectivity index (χ0) is 13.0. The number of ether oxygens (including phenoxy) is 1. The van der Waals surface area contributed by atoms with E-state index in [9.17, 15) is 13.6 Å². The van der Waals surface area contributed by atoms with Crippen LogP contribution in [0.4, 0.5) is 14.5 Å². The first kappa shape index (κ1) is 13.0. The van der Waals surface area contributed by atoms with E-state index >= 15 is 0 Å². The van der Waals surface area contributed by atoms with E-state index in [4.69, 9.17) is 4.74 Å². The summed E-state index contributed by atoms with van der Waals surface area (Å²) in [6.45, 7) is 1.31. The van der Waals surface area contributed by atoms with Gasteiger partial charge in [-0.25, -0.2) is 8.78 Å². The third-order valence-electron chi connectivity index (χ3n) is 2.93. The lowest BCUT2D eigenvalue weighted by Gasteiger charge is -2.21. The number of benzene rings is 1. The van der Waals surface area contributed by atoms with Crippen molar-refractivity contribution in [3.63, 3.8) is 0 Å². The van der Waals surface area contributed by atoms with Crippen molar-refractivity contribution in [2.75, 3.05) is 18.5 Å². The lowest BCUT2D eigenvalue weighted by atomic mass is 9.98. The van der Waals surface area contributed by atoms with Crippen molar-refractivity contribution < 1.29 is 18.3 Å². The van der Waals surface area contributed by atoms with Crippen LogP contribution in [-0.2, 0) is 9.53 Å². The van der Waals surface area contributed by atoms with E-state index in [0.29, 0.717) is 13.0 Å². The average molecular weight is 255 g/mol. The summed E-state index contributed by atoms with van der Waals surface area (Å²) in [4.78, 5) is 11.7. The maximum Gasteiger partial charge on any atom is 0.224 e. The highest BCUT2D eigenvalue weighted by atomic mass is 19.1. The predicted octanol–water partition coefficient (Wildman–Crippen LogP) is 2.72. The number of nitrogens with one attached hydrogen (secondary N) is 1. The molecule has 1 unspecified atom stereocenters. The molecule has 98 valence electrons. The number of carbonyl (C=O) groups is 1. The van der Waals surface area contributed by atoms with E-state index in [1.54, 1.807) is 0 Å². The molecule has 1 aliphatic heterocycles. The van der Waals surface area contributed by atoms with Crippen molar-refractivity contribution in [2.24, 2.45) is 5.92 Å². The Morgan fingerprint density at radius 2 is 2.28 bits per heavy atom. The molecule has 2 rings (SSSR count). The van der Waals surface area contributed by atoms with Gasteiger partial charge in [0, 0.05) is 25.7 Å². The van der Waals surface area contributed by atoms with Crippen LogP contribution in [-0.4, -0.2) is 19.1 Å². The molecule has 1 heterocycles. The van der Waals surface area contributed by atoms with E-state index in [-0.39, 0.29) is 17.5 Å². The molecule has 0 saturated carbocycles. The minimum Gasteiger partial charge on any atom is -0.381 e. The molecule has 1 fully saturated rings. The number of amides is 1. The molecule has 0 bridgehead atoms. The number of halogens is 2. The third kappa shape index (κ3) is 3.50. The van der Waals surface area contributed by atoms with E-state index in [2.05, 4.69) is 5.32 Å². The molecule has 1 amide bonds. The van der Waals surface area contributed by atoms with Crippen LogP contribution in [0, 0.1) is 17.6 Å².